The number of carboxylic acids is 1. The summed E-state index contributed by atoms with van der Waals surface area (Å²) < 4.78 is 0. The van der Waals surface area contributed by atoms with E-state index in [1.54, 1.807) is 0 Å². The zero-order chi connectivity index (χ0) is 14.7. The predicted molar refractivity (Wildman–Crippen MR) is 80.9 cm³/mol. The standard InChI is InChI=1S/C17H25NO2/c1-12-8-13(2)10-16(9-12)14(3)18-6-4-15(5-7-18)11-17(19)20/h8-10,14-15H,4-7,11H2,1-3H3,(H,19,20). The van der Waals surface area contributed by atoms with Crippen LogP contribution < -0.4 is 0 Å². The lowest BCUT2D eigenvalue weighted by Gasteiger charge is -2.36. The van der Waals surface area contributed by atoms with Crippen molar-refractivity contribution in [1.82, 2.24) is 4.90 Å². The number of aliphatic carboxylic acids is 1. The summed E-state index contributed by atoms with van der Waals surface area (Å²) in [6.07, 6.45) is 2.33. The van der Waals surface area contributed by atoms with Crippen LogP contribution in [0.2, 0.25) is 0 Å². The first-order valence-electron chi connectivity index (χ1n) is 7.49. The highest BCUT2D eigenvalue weighted by molar-refractivity contribution is 5.67. The molecule has 1 heterocycles. The Morgan fingerprint density at radius 1 is 1.25 bits per heavy atom. The summed E-state index contributed by atoms with van der Waals surface area (Å²) >= 11 is 0. The summed E-state index contributed by atoms with van der Waals surface area (Å²) in [7, 11) is 0. The summed E-state index contributed by atoms with van der Waals surface area (Å²) in [5, 5.41) is 8.87. The topological polar surface area (TPSA) is 40.5 Å². The fraction of sp³-hybridized carbons (Fsp3) is 0.588. The van der Waals surface area contributed by atoms with Gasteiger partial charge in [0.05, 0.1) is 0 Å². The Balaban J connectivity index is 1.97. The Bertz CT molecular complexity index is 456. The van der Waals surface area contributed by atoms with Crippen molar-refractivity contribution in [1.29, 1.82) is 0 Å². The zero-order valence-corrected chi connectivity index (χ0v) is 12.7. The summed E-state index contributed by atoms with van der Waals surface area (Å²) in [5.41, 5.74) is 4.00. The highest BCUT2D eigenvalue weighted by Crippen LogP contribution is 2.28. The van der Waals surface area contributed by atoms with Gasteiger partial charge in [0.2, 0.25) is 0 Å². The molecule has 0 spiro atoms. The molecular weight excluding hydrogens is 250 g/mol. The van der Waals surface area contributed by atoms with Gasteiger partial charge in [-0.1, -0.05) is 29.3 Å². The number of benzene rings is 1. The van der Waals surface area contributed by atoms with Crippen LogP contribution in [0.4, 0.5) is 0 Å². The Morgan fingerprint density at radius 3 is 2.30 bits per heavy atom. The number of hydrogen-bond acceptors (Lipinski definition) is 2. The van der Waals surface area contributed by atoms with E-state index in [0.29, 0.717) is 18.4 Å². The van der Waals surface area contributed by atoms with Crippen LogP contribution in [-0.2, 0) is 4.79 Å². The summed E-state index contributed by atoms with van der Waals surface area (Å²) in [6.45, 7) is 8.55. The fourth-order valence-corrected chi connectivity index (χ4v) is 3.25. The molecule has 1 aliphatic rings. The van der Waals surface area contributed by atoms with Gasteiger partial charge < -0.3 is 5.11 Å². The molecule has 1 N–H and O–H groups in total. The number of hydrogen-bond donors (Lipinski definition) is 1. The lowest BCUT2D eigenvalue weighted by atomic mass is 9.91. The monoisotopic (exact) mass is 275 g/mol. The largest absolute Gasteiger partial charge is 0.481 e. The molecule has 1 saturated heterocycles. The first-order valence-corrected chi connectivity index (χ1v) is 7.49. The van der Waals surface area contributed by atoms with Gasteiger partial charge in [0.25, 0.3) is 0 Å². The molecule has 110 valence electrons. The average Bonchev–Trinajstić information content (AvgIpc) is 2.37. The molecule has 0 aliphatic carbocycles. The van der Waals surface area contributed by atoms with E-state index in [0.717, 1.165) is 25.9 Å². The minimum atomic E-state index is -0.661. The third-order valence-electron chi connectivity index (χ3n) is 4.39. The average molecular weight is 275 g/mol. The smallest absolute Gasteiger partial charge is 0.303 e. The molecule has 0 saturated carbocycles. The first kappa shape index (κ1) is 15.0. The highest BCUT2D eigenvalue weighted by atomic mass is 16.4. The Morgan fingerprint density at radius 2 is 1.80 bits per heavy atom. The van der Waals surface area contributed by atoms with E-state index in [-0.39, 0.29) is 0 Å². The molecule has 1 unspecified atom stereocenters. The van der Waals surface area contributed by atoms with Gasteiger partial charge in [-0.2, -0.15) is 0 Å². The van der Waals surface area contributed by atoms with Crippen LogP contribution in [-0.4, -0.2) is 29.1 Å². The van der Waals surface area contributed by atoms with Crippen molar-refractivity contribution >= 4 is 5.97 Å². The van der Waals surface area contributed by atoms with Crippen LogP contribution in [0.3, 0.4) is 0 Å². The second-order valence-corrected chi connectivity index (χ2v) is 6.17. The van der Waals surface area contributed by atoms with Crippen molar-refractivity contribution in [2.75, 3.05) is 13.1 Å². The molecule has 1 atom stereocenters. The summed E-state index contributed by atoms with van der Waals surface area (Å²) in [6, 6.07) is 7.15. The van der Waals surface area contributed by atoms with E-state index in [2.05, 4.69) is 43.9 Å². The van der Waals surface area contributed by atoms with E-state index in [9.17, 15) is 4.79 Å². The van der Waals surface area contributed by atoms with Crippen molar-refractivity contribution in [3.05, 3.63) is 34.9 Å². The Hall–Kier alpha value is -1.35. The molecule has 1 aromatic carbocycles. The van der Waals surface area contributed by atoms with Crippen molar-refractivity contribution in [3.63, 3.8) is 0 Å². The van der Waals surface area contributed by atoms with E-state index in [1.165, 1.54) is 16.7 Å². The highest BCUT2D eigenvalue weighted by Gasteiger charge is 2.24. The molecule has 1 aliphatic heterocycles. The minimum Gasteiger partial charge on any atom is -0.481 e. The molecule has 3 heteroatoms. The maximum Gasteiger partial charge on any atom is 0.303 e. The van der Waals surface area contributed by atoms with Crippen molar-refractivity contribution in [2.24, 2.45) is 5.92 Å². The normalized spacial score (nSPS) is 18.9. The van der Waals surface area contributed by atoms with Crippen LogP contribution >= 0.6 is 0 Å². The number of aryl methyl sites for hydroxylation is 2. The molecule has 0 amide bonds. The van der Waals surface area contributed by atoms with Gasteiger partial charge in [0, 0.05) is 12.5 Å². The zero-order valence-electron chi connectivity index (χ0n) is 12.7. The van der Waals surface area contributed by atoms with E-state index >= 15 is 0 Å². The van der Waals surface area contributed by atoms with Crippen LogP contribution in [0, 0.1) is 19.8 Å². The SMILES string of the molecule is Cc1cc(C)cc(C(C)N2CCC(CC(=O)O)CC2)c1. The number of likely N-dealkylation sites (tertiary alicyclic amines) is 1. The van der Waals surface area contributed by atoms with Gasteiger partial charge in [0.1, 0.15) is 0 Å². The van der Waals surface area contributed by atoms with Gasteiger partial charge in [0.15, 0.2) is 0 Å². The van der Waals surface area contributed by atoms with Crippen LogP contribution in [0.5, 0.6) is 0 Å². The van der Waals surface area contributed by atoms with Gasteiger partial charge in [-0.25, -0.2) is 0 Å². The van der Waals surface area contributed by atoms with Crippen LogP contribution in [0.25, 0.3) is 0 Å². The number of rotatable bonds is 4. The molecule has 20 heavy (non-hydrogen) atoms. The maximum atomic E-state index is 10.8. The third kappa shape index (κ3) is 3.83. The number of carbonyl (C=O) groups is 1. The summed E-state index contributed by atoms with van der Waals surface area (Å²) in [5.74, 6) is -0.305. The van der Waals surface area contributed by atoms with Crippen molar-refractivity contribution in [3.8, 4) is 0 Å². The Labute approximate surface area is 121 Å². The maximum absolute atomic E-state index is 10.8. The van der Waals surface area contributed by atoms with Gasteiger partial charge in [-0.15, -0.1) is 0 Å². The molecule has 0 aromatic heterocycles. The van der Waals surface area contributed by atoms with E-state index in [4.69, 9.17) is 5.11 Å². The van der Waals surface area contributed by atoms with Crippen molar-refractivity contribution in [2.45, 2.75) is 46.1 Å². The van der Waals surface area contributed by atoms with Gasteiger partial charge >= 0.3 is 5.97 Å². The quantitative estimate of drug-likeness (QED) is 0.913. The lowest BCUT2D eigenvalue weighted by molar-refractivity contribution is -0.138. The molecule has 0 bridgehead atoms. The van der Waals surface area contributed by atoms with Gasteiger partial charge in [-0.3, -0.25) is 9.69 Å². The summed E-state index contributed by atoms with van der Waals surface area (Å²) in [4.78, 5) is 13.2. The van der Waals surface area contributed by atoms with Gasteiger partial charge in [-0.05, 0) is 58.2 Å². The first-order chi connectivity index (χ1) is 9.45. The number of nitrogens with zero attached hydrogens (tertiary/aromatic N) is 1. The molecular formula is C17H25NO2. The molecule has 0 radical (unpaired) electrons. The third-order valence-corrected chi connectivity index (χ3v) is 4.39. The molecule has 2 rings (SSSR count). The predicted octanol–water partition coefficient (Wildman–Crippen LogP) is 3.55. The van der Waals surface area contributed by atoms with E-state index in [1.807, 2.05) is 0 Å². The van der Waals surface area contributed by atoms with Crippen molar-refractivity contribution < 1.29 is 9.90 Å². The number of piperidine rings is 1. The molecule has 1 fully saturated rings. The fourth-order valence-electron chi connectivity index (χ4n) is 3.25. The number of carboxylic acid groups (broad SMARTS) is 1. The molecule has 3 nitrogen and oxygen atoms in total. The second-order valence-electron chi connectivity index (χ2n) is 6.17. The minimum absolute atomic E-state index is 0.325. The Kier molecular flexibility index (Phi) is 4.81. The molecule has 1 aromatic rings. The van der Waals surface area contributed by atoms with Crippen LogP contribution in [0.1, 0.15) is 48.9 Å². The lowest BCUT2D eigenvalue weighted by Crippen LogP contribution is -2.36. The second kappa shape index (κ2) is 6.40. The van der Waals surface area contributed by atoms with Crippen LogP contribution in [0.15, 0.2) is 18.2 Å². The van der Waals surface area contributed by atoms with E-state index < -0.39 is 5.97 Å².